The summed E-state index contributed by atoms with van der Waals surface area (Å²) in [6.45, 7) is 1.50. The van der Waals surface area contributed by atoms with Crippen molar-refractivity contribution in [1.29, 1.82) is 0 Å². The topological polar surface area (TPSA) is 60.9 Å². The predicted molar refractivity (Wildman–Crippen MR) is 104 cm³/mol. The van der Waals surface area contributed by atoms with Gasteiger partial charge in [0.15, 0.2) is 0 Å². The number of benzene rings is 1. The molecule has 0 radical (unpaired) electrons. The van der Waals surface area contributed by atoms with Gasteiger partial charge in [-0.15, -0.1) is 11.3 Å². The van der Waals surface area contributed by atoms with Gasteiger partial charge in [-0.1, -0.05) is 29.8 Å². The number of carbonyl (C=O) groups excluding carboxylic acids is 1. The molecule has 0 unspecified atom stereocenters. The maximum absolute atomic E-state index is 12.7. The normalized spacial score (nSPS) is 15.1. The molecule has 0 aliphatic carbocycles. The average Bonchev–Trinajstić information content (AvgIpc) is 2.98. The molecule has 6 nitrogen and oxygen atoms in total. The first-order valence-electron chi connectivity index (χ1n) is 8.07. The Morgan fingerprint density at radius 1 is 1.23 bits per heavy atom. The van der Waals surface area contributed by atoms with Crippen molar-refractivity contribution >= 4 is 44.6 Å². The van der Waals surface area contributed by atoms with E-state index < -0.39 is 10.0 Å². The number of anilines is 1. The van der Waals surface area contributed by atoms with Crippen molar-refractivity contribution in [1.82, 2.24) is 9.21 Å². The van der Waals surface area contributed by atoms with E-state index in [4.69, 9.17) is 11.6 Å². The molecule has 1 aromatic heterocycles. The standard InChI is InChI=1S/C17H20ClN3O3S2/c1-19-9-10-21(11-13-5-3-4-6-14(13)19)16(22)12-20(2)26(23,24)17-8-7-15(18)25-17/h3-8H,9-12H2,1-2H3. The number of carbonyl (C=O) groups is 1. The third-order valence-corrected chi connectivity index (χ3v) is 7.90. The van der Waals surface area contributed by atoms with Crippen LogP contribution in [0.4, 0.5) is 5.69 Å². The van der Waals surface area contributed by atoms with E-state index in [1.807, 2.05) is 31.3 Å². The van der Waals surface area contributed by atoms with Crippen LogP contribution in [0.15, 0.2) is 40.6 Å². The fourth-order valence-electron chi connectivity index (χ4n) is 2.87. The first-order chi connectivity index (χ1) is 12.3. The highest BCUT2D eigenvalue weighted by atomic mass is 35.5. The molecule has 2 heterocycles. The number of amides is 1. The Bertz CT molecular complexity index is 913. The van der Waals surface area contributed by atoms with Gasteiger partial charge in [0, 0.05) is 39.4 Å². The zero-order valence-corrected chi connectivity index (χ0v) is 16.9. The number of thiophene rings is 1. The highest BCUT2D eigenvalue weighted by Gasteiger charge is 2.28. The minimum atomic E-state index is -3.72. The van der Waals surface area contributed by atoms with Gasteiger partial charge in [0.1, 0.15) is 4.21 Å². The maximum Gasteiger partial charge on any atom is 0.252 e. The summed E-state index contributed by atoms with van der Waals surface area (Å²) in [5.41, 5.74) is 2.15. The van der Waals surface area contributed by atoms with Crippen LogP contribution in [-0.2, 0) is 21.4 Å². The summed E-state index contributed by atoms with van der Waals surface area (Å²) in [5, 5.41) is 0. The van der Waals surface area contributed by atoms with Crippen LogP contribution < -0.4 is 4.90 Å². The Labute approximate surface area is 162 Å². The Morgan fingerprint density at radius 3 is 2.65 bits per heavy atom. The monoisotopic (exact) mass is 413 g/mol. The summed E-state index contributed by atoms with van der Waals surface area (Å²) in [6.07, 6.45) is 0. The molecule has 3 rings (SSSR count). The lowest BCUT2D eigenvalue weighted by molar-refractivity contribution is -0.131. The highest BCUT2D eigenvalue weighted by molar-refractivity contribution is 7.91. The van der Waals surface area contributed by atoms with Crippen molar-refractivity contribution in [3.63, 3.8) is 0 Å². The number of hydrogen-bond acceptors (Lipinski definition) is 5. The van der Waals surface area contributed by atoms with E-state index in [-0.39, 0.29) is 16.7 Å². The van der Waals surface area contributed by atoms with Gasteiger partial charge in [0.25, 0.3) is 10.0 Å². The van der Waals surface area contributed by atoms with Gasteiger partial charge in [-0.2, -0.15) is 4.31 Å². The third-order valence-electron chi connectivity index (χ3n) is 4.39. The number of likely N-dealkylation sites (N-methyl/N-ethyl adjacent to an activating group) is 2. The molecule has 0 N–H and O–H groups in total. The van der Waals surface area contributed by atoms with Crippen LogP contribution in [0, 0.1) is 0 Å². The van der Waals surface area contributed by atoms with Crippen molar-refractivity contribution in [3.8, 4) is 0 Å². The van der Waals surface area contributed by atoms with Crippen LogP contribution in [0.5, 0.6) is 0 Å². The number of rotatable bonds is 4. The molecule has 1 amide bonds. The van der Waals surface area contributed by atoms with E-state index in [1.165, 1.54) is 19.2 Å². The first kappa shape index (κ1) is 19.2. The Hall–Kier alpha value is -1.61. The van der Waals surface area contributed by atoms with Gasteiger partial charge in [-0.25, -0.2) is 8.42 Å². The van der Waals surface area contributed by atoms with E-state index in [9.17, 15) is 13.2 Å². The molecule has 26 heavy (non-hydrogen) atoms. The molecule has 0 saturated carbocycles. The fraction of sp³-hybridized carbons (Fsp3) is 0.353. The second-order valence-electron chi connectivity index (χ2n) is 6.19. The number of hydrogen-bond donors (Lipinski definition) is 0. The second kappa shape index (κ2) is 7.56. The van der Waals surface area contributed by atoms with Gasteiger partial charge in [0.05, 0.1) is 10.9 Å². The predicted octanol–water partition coefficient (Wildman–Crippen LogP) is 2.50. The van der Waals surface area contributed by atoms with Gasteiger partial charge in [-0.05, 0) is 23.8 Å². The molecule has 1 aliphatic rings. The van der Waals surface area contributed by atoms with Gasteiger partial charge in [0.2, 0.25) is 5.91 Å². The quantitative estimate of drug-likeness (QED) is 0.772. The van der Waals surface area contributed by atoms with Gasteiger partial charge in [-0.3, -0.25) is 4.79 Å². The maximum atomic E-state index is 12.7. The minimum Gasteiger partial charge on any atom is -0.373 e. The zero-order chi connectivity index (χ0) is 18.9. The summed E-state index contributed by atoms with van der Waals surface area (Å²) in [6, 6.07) is 10.9. The van der Waals surface area contributed by atoms with E-state index in [0.717, 1.165) is 26.9 Å². The highest BCUT2D eigenvalue weighted by Crippen LogP contribution is 2.28. The lowest BCUT2D eigenvalue weighted by Crippen LogP contribution is -2.42. The van der Waals surface area contributed by atoms with E-state index in [2.05, 4.69) is 4.90 Å². The minimum absolute atomic E-state index is 0.138. The molecule has 140 valence electrons. The average molecular weight is 414 g/mol. The van der Waals surface area contributed by atoms with Crippen LogP contribution in [0.2, 0.25) is 4.34 Å². The van der Waals surface area contributed by atoms with Crippen LogP contribution in [0.1, 0.15) is 5.56 Å². The third kappa shape index (κ3) is 3.88. The molecule has 0 bridgehead atoms. The Morgan fingerprint density at radius 2 is 1.96 bits per heavy atom. The van der Waals surface area contributed by atoms with Gasteiger partial charge < -0.3 is 9.80 Å². The molecule has 0 spiro atoms. The number of fused-ring (bicyclic) bond motifs is 1. The lowest BCUT2D eigenvalue weighted by Gasteiger charge is -2.24. The van der Waals surface area contributed by atoms with Crippen molar-refractivity contribution in [3.05, 3.63) is 46.3 Å². The summed E-state index contributed by atoms with van der Waals surface area (Å²) in [4.78, 5) is 16.6. The molecular formula is C17H20ClN3O3S2. The van der Waals surface area contributed by atoms with Crippen LogP contribution in [0.3, 0.4) is 0 Å². The number of nitrogens with zero attached hydrogens (tertiary/aromatic N) is 3. The van der Waals surface area contributed by atoms with Gasteiger partial charge >= 0.3 is 0 Å². The first-order valence-corrected chi connectivity index (χ1v) is 10.7. The van der Waals surface area contributed by atoms with Crippen molar-refractivity contribution < 1.29 is 13.2 Å². The van der Waals surface area contributed by atoms with Crippen LogP contribution in [0.25, 0.3) is 0 Å². The van der Waals surface area contributed by atoms with E-state index >= 15 is 0 Å². The Kier molecular flexibility index (Phi) is 5.57. The molecule has 9 heteroatoms. The van der Waals surface area contributed by atoms with E-state index in [1.54, 1.807) is 4.90 Å². The summed E-state index contributed by atoms with van der Waals surface area (Å²) >= 11 is 6.82. The molecule has 1 aromatic carbocycles. The molecule has 0 saturated heterocycles. The smallest absolute Gasteiger partial charge is 0.252 e. The van der Waals surface area contributed by atoms with E-state index in [0.29, 0.717) is 24.0 Å². The largest absolute Gasteiger partial charge is 0.373 e. The van der Waals surface area contributed by atoms with Crippen molar-refractivity contribution in [2.75, 3.05) is 38.6 Å². The summed E-state index contributed by atoms with van der Waals surface area (Å²) in [7, 11) is -0.317. The molecule has 2 aromatic rings. The summed E-state index contributed by atoms with van der Waals surface area (Å²) < 4.78 is 26.8. The van der Waals surface area contributed by atoms with Crippen LogP contribution in [-0.4, -0.2) is 57.3 Å². The Balaban J connectivity index is 1.74. The summed E-state index contributed by atoms with van der Waals surface area (Å²) in [5.74, 6) is -0.219. The van der Waals surface area contributed by atoms with Crippen molar-refractivity contribution in [2.24, 2.45) is 0 Å². The number of halogens is 1. The lowest BCUT2D eigenvalue weighted by atomic mass is 10.1. The number of para-hydroxylation sites is 1. The fourth-order valence-corrected chi connectivity index (χ4v) is 5.68. The molecular weight excluding hydrogens is 394 g/mol. The SMILES string of the molecule is CN1CCN(C(=O)CN(C)S(=O)(=O)c2ccc(Cl)s2)Cc2ccccc21. The molecule has 0 atom stereocenters. The molecule has 1 aliphatic heterocycles. The zero-order valence-electron chi connectivity index (χ0n) is 14.6. The van der Waals surface area contributed by atoms with Crippen molar-refractivity contribution in [2.45, 2.75) is 10.8 Å². The number of sulfonamides is 1. The molecule has 0 fully saturated rings. The van der Waals surface area contributed by atoms with Crippen LogP contribution >= 0.6 is 22.9 Å². The second-order valence-corrected chi connectivity index (χ2v) is 10.2.